The van der Waals surface area contributed by atoms with E-state index in [1.54, 1.807) is 7.11 Å². The molecule has 0 unspecified atom stereocenters. The first-order valence-corrected chi connectivity index (χ1v) is 9.60. The van der Waals surface area contributed by atoms with Crippen LogP contribution in [0.1, 0.15) is 18.4 Å². The van der Waals surface area contributed by atoms with Crippen LogP contribution < -0.4 is 15.4 Å². The molecule has 0 aromatic heterocycles. The minimum Gasteiger partial charge on any atom is -0.497 e. The van der Waals surface area contributed by atoms with Gasteiger partial charge in [0.05, 0.1) is 12.0 Å². The topological polar surface area (TPSA) is 120 Å². The first-order valence-electron chi connectivity index (χ1n) is 9.60. The first-order chi connectivity index (χ1) is 14.8. The molecule has 10 heteroatoms. The number of carbonyl (C=O) groups is 2. The molecule has 31 heavy (non-hydrogen) atoms. The lowest BCUT2D eigenvalue weighted by atomic mass is 9.74. The maximum Gasteiger partial charge on any atom is 0.313 e. The third-order valence-corrected chi connectivity index (χ3v) is 5.35. The van der Waals surface area contributed by atoms with Gasteiger partial charge in [-0.25, -0.2) is 0 Å². The SMILES string of the molecule is COc1ccc(C2(CNC(=O)C(=O)Nc3ccc(F)c([N+](=O)[O-])c3)CCOCC2)cc1. The number of nitrogens with one attached hydrogen (secondary N) is 2. The summed E-state index contributed by atoms with van der Waals surface area (Å²) in [5.41, 5.74) is -0.260. The molecule has 1 saturated heterocycles. The van der Waals surface area contributed by atoms with Crippen molar-refractivity contribution in [2.24, 2.45) is 0 Å². The molecule has 0 aliphatic carbocycles. The van der Waals surface area contributed by atoms with E-state index in [0.717, 1.165) is 23.8 Å². The van der Waals surface area contributed by atoms with E-state index in [4.69, 9.17) is 9.47 Å². The first kappa shape index (κ1) is 22.2. The van der Waals surface area contributed by atoms with E-state index in [-0.39, 0.29) is 12.2 Å². The number of methoxy groups -OCH3 is 1. The summed E-state index contributed by atoms with van der Waals surface area (Å²) in [5, 5.41) is 15.7. The molecule has 1 aliphatic rings. The Balaban J connectivity index is 1.68. The summed E-state index contributed by atoms with van der Waals surface area (Å²) in [5.74, 6) is -2.22. The average Bonchev–Trinajstić information content (AvgIpc) is 2.79. The zero-order chi connectivity index (χ0) is 22.4. The van der Waals surface area contributed by atoms with Crippen molar-refractivity contribution in [3.8, 4) is 5.75 Å². The number of benzene rings is 2. The summed E-state index contributed by atoms with van der Waals surface area (Å²) in [4.78, 5) is 34.5. The molecule has 0 bridgehead atoms. The fourth-order valence-corrected chi connectivity index (χ4v) is 3.52. The molecule has 2 N–H and O–H groups in total. The molecule has 3 rings (SSSR count). The Morgan fingerprint density at radius 3 is 2.45 bits per heavy atom. The number of hydrogen-bond acceptors (Lipinski definition) is 6. The number of nitro groups is 1. The van der Waals surface area contributed by atoms with Gasteiger partial charge in [-0.1, -0.05) is 12.1 Å². The van der Waals surface area contributed by atoms with Crippen LogP contribution in [0, 0.1) is 15.9 Å². The second kappa shape index (κ2) is 9.52. The highest BCUT2D eigenvalue weighted by Crippen LogP contribution is 2.35. The molecule has 2 amide bonds. The van der Waals surface area contributed by atoms with E-state index in [1.807, 2.05) is 24.3 Å². The number of carbonyl (C=O) groups excluding carboxylic acids is 2. The maximum atomic E-state index is 13.4. The molecule has 1 fully saturated rings. The summed E-state index contributed by atoms with van der Waals surface area (Å²) >= 11 is 0. The standard InChI is InChI=1S/C21H22FN3O6/c1-30-16-5-2-14(3-6-16)21(8-10-31-11-9-21)13-23-19(26)20(27)24-15-4-7-17(22)18(12-15)25(28)29/h2-7,12H,8-11,13H2,1H3,(H,23,26)(H,24,27). The molecule has 1 heterocycles. The predicted octanol–water partition coefficient (Wildman–Crippen LogP) is 2.55. The van der Waals surface area contributed by atoms with Crippen LogP contribution in [0.5, 0.6) is 5.75 Å². The number of amides is 2. The van der Waals surface area contributed by atoms with Crippen LogP contribution in [0.15, 0.2) is 42.5 Å². The van der Waals surface area contributed by atoms with Gasteiger partial charge in [0, 0.05) is 36.9 Å². The van der Waals surface area contributed by atoms with Crippen molar-refractivity contribution in [3.63, 3.8) is 0 Å². The average molecular weight is 431 g/mol. The van der Waals surface area contributed by atoms with E-state index in [9.17, 15) is 24.1 Å². The second-order valence-corrected chi connectivity index (χ2v) is 7.18. The highest BCUT2D eigenvalue weighted by molar-refractivity contribution is 6.39. The summed E-state index contributed by atoms with van der Waals surface area (Å²) in [6.45, 7) is 1.25. The Morgan fingerprint density at radius 1 is 1.16 bits per heavy atom. The van der Waals surface area contributed by atoms with E-state index in [2.05, 4.69) is 10.6 Å². The summed E-state index contributed by atoms with van der Waals surface area (Å²) in [6.07, 6.45) is 1.32. The molecule has 0 radical (unpaired) electrons. The Labute approximate surface area is 177 Å². The largest absolute Gasteiger partial charge is 0.497 e. The molecule has 0 saturated carbocycles. The summed E-state index contributed by atoms with van der Waals surface area (Å²) < 4.78 is 24.1. The molecular formula is C21H22FN3O6. The van der Waals surface area contributed by atoms with E-state index >= 15 is 0 Å². The number of nitro benzene ring substituents is 1. The Kier molecular flexibility index (Phi) is 6.81. The molecular weight excluding hydrogens is 409 g/mol. The molecule has 164 valence electrons. The maximum absolute atomic E-state index is 13.4. The smallest absolute Gasteiger partial charge is 0.313 e. The van der Waals surface area contributed by atoms with Crippen LogP contribution in [-0.2, 0) is 19.7 Å². The van der Waals surface area contributed by atoms with Gasteiger partial charge >= 0.3 is 17.5 Å². The fourth-order valence-electron chi connectivity index (χ4n) is 3.52. The predicted molar refractivity (Wildman–Crippen MR) is 109 cm³/mol. The Bertz CT molecular complexity index is 974. The lowest BCUT2D eigenvalue weighted by molar-refractivity contribution is -0.387. The third kappa shape index (κ3) is 5.15. The van der Waals surface area contributed by atoms with Gasteiger partial charge in [0.15, 0.2) is 0 Å². The molecule has 1 aliphatic heterocycles. The van der Waals surface area contributed by atoms with Crippen molar-refractivity contribution < 1.29 is 28.4 Å². The summed E-state index contributed by atoms with van der Waals surface area (Å²) in [6, 6.07) is 10.4. The van der Waals surface area contributed by atoms with Gasteiger partial charge in [0.1, 0.15) is 5.75 Å². The number of nitrogens with zero attached hydrogens (tertiary/aromatic N) is 1. The summed E-state index contributed by atoms with van der Waals surface area (Å²) in [7, 11) is 1.58. The van der Waals surface area contributed by atoms with Crippen molar-refractivity contribution in [1.29, 1.82) is 0 Å². The van der Waals surface area contributed by atoms with E-state index in [0.29, 0.717) is 31.8 Å². The van der Waals surface area contributed by atoms with Gasteiger partial charge in [-0.05, 0) is 42.7 Å². The minimum atomic E-state index is -1.03. The van der Waals surface area contributed by atoms with Crippen molar-refractivity contribution >= 4 is 23.2 Å². The van der Waals surface area contributed by atoms with Crippen molar-refractivity contribution in [1.82, 2.24) is 5.32 Å². The van der Waals surface area contributed by atoms with Crippen LogP contribution in [0.25, 0.3) is 0 Å². The highest BCUT2D eigenvalue weighted by Gasteiger charge is 2.35. The molecule has 0 atom stereocenters. The van der Waals surface area contributed by atoms with Crippen LogP contribution in [0.4, 0.5) is 15.8 Å². The van der Waals surface area contributed by atoms with Crippen LogP contribution in [0.3, 0.4) is 0 Å². The second-order valence-electron chi connectivity index (χ2n) is 7.18. The van der Waals surface area contributed by atoms with Gasteiger partial charge in [0.2, 0.25) is 5.82 Å². The van der Waals surface area contributed by atoms with Gasteiger partial charge in [-0.15, -0.1) is 0 Å². The number of rotatable bonds is 6. The molecule has 0 spiro atoms. The van der Waals surface area contributed by atoms with Crippen LogP contribution >= 0.6 is 0 Å². The van der Waals surface area contributed by atoms with Gasteiger partial charge < -0.3 is 20.1 Å². The number of ether oxygens (including phenoxy) is 2. The van der Waals surface area contributed by atoms with Crippen LogP contribution in [-0.4, -0.2) is 43.6 Å². The number of anilines is 1. The molecule has 9 nitrogen and oxygen atoms in total. The minimum absolute atomic E-state index is 0.0517. The van der Waals surface area contributed by atoms with Crippen molar-refractivity contribution in [2.45, 2.75) is 18.3 Å². The van der Waals surface area contributed by atoms with Gasteiger partial charge in [-0.2, -0.15) is 4.39 Å². The number of halogens is 1. The van der Waals surface area contributed by atoms with Crippen molar-refractivity contribution in [2.75, 3.05) is 32.2 Å². The Hall–Kier alpha value is -3.53. The zero-order valence-electron chi connectivity index (χ0n) is 16.9. The normalized spacial score (nSPS) is 15.0. The monoisotopic (exact) mass is 431 g/mol. The zero-order valence-corrected chi connectivity index (χ0v) is 16.9. The van der Waals surface area contributed by atoms with E-state index in [1.165, 1.54) is 0 Å². The third-order valence-electron chi connectivity index (χ3n) is 5.35. The van der Waals surface area contributed by atoms with Crippen LogP contribution in [0.2, 0.25) is 0 Å². The lowest BCUT2D eigenvalue weighted by Gasteiger charge is -2.38. The fraction of sp³-hybridized carbons (Fsp3) is 0.333. The van der Waals surface area contributed by atoms with Gasteiger partial charge in [0.25, 0.3) is 0 Å². The molecule has 2 aromatic carbocycles. The highest BCUT2D eigenvalue weighted by atomic mass is 19.1. The van der Waals surface area contributed by atoms with Crippen molar-refractivity contribution in [3.05, 3.63) is 64.0 Å². The van der Waals surface area contributed by atoms with E-state index < -0.39 is 33.7 Å². The quantitative estimate of drug-likeness (QED) is 0.412. The Morgan fingerprint density at radius 2 is 1.84 bits per heavy atom. The lowest BCUT2D eigenvalue weighted by Crippen LogP contribution is -2.47. The van der Waals surface area contributed by atoms with Gasteiger partial charge in [-0.3, -0.25) is 19.7 Å². The number of hydrogen-bond donors (Lipinski definition) is 2. The molecule has 2 aromatic rings.